The normalized spacial score (nSPS) is 16.4. The van der Waals surface area contributed by atoms with Crippen molar-refractivity contribution >= 4 is 39.0 Å². The summed E-state index contributed by atoms with van der Waals surface area (Å²) in [5.74, 6) is -0.105. The molecule has 0 unspecified atom stereocenters. The minimum Gasteiger partial charge on any atom is -0.352 e. The fourth-order valence-corrected chi connectivity index (χ4v) is 2.80. The van der Waals surface area contributed by atoms with Crippen molar-refractivity contribution in [1.29, 1.82) is 0 Å². The molecule has 1 aliphatic rings. The Labute approximate surface area is 87.3 Å². The fraction of sp³-hybridized carbons (Fsp3) is 0.250. The maximum Gasteiger partial charge on any atom is 0.252 e. The monoisotopic (exact) mass is 259 g/mol. The van der Waals surface area contributed by atoms with Gasteiger partial charge in [0.2, 0.25) is 0 Å². The Balaban J connectivity index is 2.56. The Kier molecular flexibility index (Phi) is 2.21. The van der Waals surface area contributed by atoms with Gasteiger partial charge in [0.1, 0.15) is 0 Å². The van der Waals surface area contributed by atoms with Crippen molar-refractivity contribution in [3.8, 4) is 0 Å². The molecule has 0 aromatic carbocycles. The van der Waals surface area contributed by atoms with Crippen LogP contribution < -0.4 is 5.32 Å². The Hall–Kier alpha value is -0.680. The summed E-state index contributed by atoms with van der Waals surface area (Å²) in [5.41, 5.74) is 0.499. The first-order valence-electron chi connectivity index (χ1n) is 3.79. The summed E-state index contributed by atoms with van der Waals surface area (Å²) in [6.45, 7) is 0.441. The molecule has 0 radical (unpaired) electrons. The van der Waals surface area contributed by atoms with Gasteiger partial charge in [0, 0.05) is 13.0 Å². The van der Waals surface area contributed by atoms with Crippen LogP contribution in [0.15, 0.2) is 9.85 Å². The van der Waals surface area contributed by atoms with E-state index in [0.29, 0.717) is 23.4 Å². The zero-order chi connectivity index (χ0) is 9.42. The number of rotatable bonds is 0. The van der Waals surface area contributed by atoms with Crippen LogP contribution in [-0.4, -0.2) is 18.2 Å². The number of ketones is 1. The highest BCUT2D eigenvalue weighted by atomic mass is 79.9. The highest BCUT2D eigenvalue weighted by molar-refractivity contribution is 9.11. The van der Waals surface area contributed by atoms with Gasteiger partial charge in [-0.1, -0.05) is 0 Å². The molecule has 0 saturated carbocycles. The summed E-state index contributed by atoms with van der Waals surface area (Å²) in [5, 5.41) is 2.67. The van der Waals surface area contributed by atoms with E-state index in [1.165, 1.54) is 11.3 Å². The fourth-order valence-electron chi connectivity index (χ4n) is 1.24. The molecule has 13 heavy (non-hydrogen) atoms. The molecule has 3 nitrogen and oxygen atoms in total. The zero-order valence-electron chi connectivity index (χ0n) is 6.59. The highest BCUT2D eigenvalue weighted by Crippen LogP contribution is 2.29. The van der Waals surface area contributed by atoms with E-state index in [2.05, 4.69) is 21.2 Å². The van der Waals surface area contributed by atoms with Gasteiger partial charge in [-0.2, -0.15) is 0 Å². The summed E-state index contributed by atoms with van der Waals surface area (Å²) in [7, 11) is 0. The second-order valence-electron chi connectivity index (χ2n) is 2.72. The SMILES string of the molecule is O=C1NCCC(=O)c2sc(Br)cc21. The number of thiophene rings is 1. The van der Waals surface area contributed by atoms with Crippen LogP contribution in [0, 0.1) is 0 Å². The van der Waals surface area contributed by atoms with Gasteiger partial charge in [-0.05, 0) is 22.0 Å². The van der Waals surface area contributed by atoms with Crippen LogP contribution in [-0.2, 0) is 0 Å². The third-order valence-corrected chi connectivity index (χ3v) is 3.52. The largest absolute Gasteiger partial charge is 0.352 e. The molecule has 0 saturated heterocycles. The van der Waals surface area contributed by atoms with Crippen molar-refractivity contribution in [2.45, 2.75) is 6.42 Å². The number of Topliss-reactive ketones (excluding diaryl/α,β-unsaturated/α-hetero) is 1. The van der Waals surface area contributed by atoms with Crippen molar-refractivity contribution in [1.82, 2.24) is 5.32 Å². The van der Waals surface area contributed by atoms with Gasteiger partial charge in [-0.3, -0.25) is 9.59 Å². The average Bonchev–Trinajstić information content (AvgIpc) is 2.41. The molecule has 1 aromatic heterocycles. The lowest BCUT2D eigenvalue weighted by atomic mass is 10.2. The number of fused-ring (bicyclic) bond motifs is 1. The van der Waals surface area contributed by atoms with E-state index in [1.807, 2.05) is 0 Å². The molecule has 0 atom stereocenters. The molecule has 0 bridgehead atoms. The van der Waals surface area contributed by atoms with Crippen molar-refractivity contribution in [2.24, 2.45) is 0 Å². The molecule has 68 valence electrons. The van der Waals surface area contributed by atoms with Gasteiger partial charge in [-0.15, -0.1) is 11.3 Å². The molecule has 1 aromatic rings. The molecule has 0 fully saturated rings. The van der Waals surface area contributed by atoms with Gasteiger partial charge in [0.05, 0.1) is 14.2 Å². The second kappa shape index (κ2) is 3.23. The van der Waals surface area contributed by atoms with Gasteiger partial charge >= 0.3 is 0 Å². The maximum atomic E-state index is 11.5. The number of amides is 1. The Bertz CT molecular complexity index is 352. The van der Waals surface area contributed by atoms with E-state index in [-0.39, 0.29) is 11.7 Å². The van der Waals surface area contributed by atoms with Crippen LogP contribution in [0.25, 0.3) is 0 Å². The van der Waals surface area contributed by atoms with E-state index in [0.717, 1.165) is 3.79 Å². The number of halogens is 1. The molecule has 2 heterocycles. The topological polar surface area (TPSA) is 46.2 Å². The minimum absolute atomic E-state index is 0.0454. The third kappa shape index (κ3) is 1.53. The first-order chi connectivity index (χ1) is 6.18. The standard InChI is InChI=1S/C8H6BrNO2S/c9-6-3-4-7(13-6)5(11)1-2-10-8(4)12/h3H,1-2H2,(H,10,12). The number of carbonyl (C=O) groups is 2. The number of nitrogens with one attached hydrogen (secondary N) is 1. The summed E-state index contributed by atoms with van der Waals surface area (Å²) in [6.07, 6.45) is 0.395. The Morgan fingerprint density at radius 3 is 3.00 bits per heavy atom. The predicted molar refractivity (Wildman–Crippen MR) is 53.3 cm³/mol. The maximum absolute atomic E-state index is 11.5. The smallest absolute Gasteiger partial charge is 0.252 e. The molecule has 2 rings (SSSR count). The van der Waals surface area contributed by atoms with Gasteiger partial charge < -0.3 is 5.32 Å². The first-order valence-corrected chi connectivity index (χ1v) is 5.40. The molecule has 0 aliphatic carbocycles. The van der Waals surface area contributed by atoms with Crippen LogP contribution in [0.5, 0.6) is 0 Å². The lowest BCUT2D eigenvalue weighted by Crippen LogP contribution is -2.22. The van der Waals surface area contributed by atoms with Crippen LogP contribution in [0.1, 0.15) is 26.5 Å². The zero-order valence-corrected chi connectivity index (χ0v) is 9.00. The van der Waals surface area contributed by atoms with E-state index in [4.69, 9.17) is 0 Å². The predicted octanol–water partition coefficient (Wildman–Crippen LogP) is 1.83. The van der Waals surface area contributed by atoms with Crippen LogP contribution in [0.2, 0.25) is 0 Å². The summed E-state index contributed by atoms with van der Waals surface area (Å²) >= 11 is 4.58. The van der Waals surface area contributed by atoms with E-state index in [1.54, 1.807) is 6.07 Å². The summed E-state index contributed by atoms with van der Waals surface area (Å²) in [4.78, 5) is 23.4. The van der Waals surface area contributed by atoms with Crippen molar-refractivity contribution in [3.05, 3.63) is 20.3 Å². The van der Waals surface area contributed by atoms with Gasteiger partial charge in [0.15, 0.2) is 5.78 Å². The summed E-state index contributed by atoms with van der Waals surface area (Å²) in [6, 6.07) is 1.69. The molecule has 5 heteroatoms. The highest BCUT2D eigenvalue weighted by Gasteiger charge is 2.23. The van der Waals surface area contributed by atoms with E-state index < -0.39 is 0 Å². The van der Waals surface area contributed by atoms with Crippen LogP contribution >= 0.6 is 27.3 Å². The third-order valence-electron chi connectivity index (χ3n) is 1.84. The molecular weight excluding hydrogens is 254 g/mol. The van der Waals surface area contributed by atoms with Crippen molar-refractivity contribution in [3.63, 3.8) is 0 Å². The second-order valence-corrected chi connectivity index (χ2v) is 5.15. The minimum atomic E-state index is -0.150. The van der Waals surface area contributed by atoms with E-state index in [9.17, 15) is 9.59 Å². The average molecular weight is 260 g/mol. The molecule has 0 spiro atoms. The van der Waals surface area contributed by atoms with Crippen molar-refractivity contribution in [2.75, 3.05) is 6.54 Å². The van der Waals surface area contributed by atoms with Crippen LogP contribution in [0.3, 0.4) is 0 Å². The molecule has 1 N–H and O–H groups in total. The Morgan fingerprint density at radius 1 is 1.46 bits per heavy atom. The number of carbonyl (C=O) groups excluding carboxylic acids is 2. The lowest BCUT2D eigenvalue weighted by Gasteiger charge is -1.95. The quantitative estimate of drug-likeness (QED) is 0.773. The number of hydrogen-bond acceptors (Lipinski definition) is 3. The van der Waals surface area contributed by atoms with Gasteiger partial charge in [-0.25, -0.2) is 0 Å². The first kappa shape index (κ1) is 8.90. The molecule has 1 amide bonds. The van der Waals surface area contributed by atoms with Crippen molar-refractivity contribution < 1.29 is 9.59 Å². The molecular formula is C8H6BrNO2S. The van der Waals surface area contributed by atoms with E-state index >= 15 is 0 Å². The van der Waals surface area contributed by atoms with Gasteiger partial charge in [0.25, 0.3) is 5.91 Å². The van der Waals surface area contributed by atoms with Crippen LogP contribution in [0.4, 0.5) is 0 Å². The summed E-state index contributed by atoms with van der Waals surface area (Å²) < 4.78 is 0.822. The molecule has 1 aliphatic heterocycles. The number of hydrogen-bond donors (Lipinski definition) is 1. The Morgan fingerprint density at radius 2 is 2.23 bits per heavy atom. The lowest BCUT2D eigenvalue weighted by molar-refractivity contribution is 0.0956.